The lowest BCUT2D eigenvalue weighted by molar-refractivity contribution is 0.208. The van der Waals surface area contributed by atoms with Crippen molar-refractivity contribution in [2.75, 3.05) is 14.2 Å². The predicted molar refractivity (Wildman–Crippen MR) is 68.5 cm³/mol. The summed E-state index contributed by atoms with van der Waals surface area (Å²) in [7, 11) is 3.37. The maximum atomic E-state index is 5.34. The first kappa shape index (κ1) is 12.2. The highest BCUT2D eigenvalue weighted by atomic mass is 16.5. The SMILES string of the molecule is CCC(C)N1Cc2cc(OC)c(OC)cc2C1. The van der Waals surface area contributed by atoms with Crippen LogP contribution in [0.4, 0.5) is 0 Å². The van der Waals surface area contributed by atoms with Gasteiger partial charge in [-0.25, -0.2) is 0 Å². The Morgan fingerprint density at radius 3 is 1.94 bits per heavy atom. The summed E-state index contributed by atoms with van der Waals surface area (Å²) in [6.07, 6.45) is 1.18. The summed E-state index contributed by atoms with van der Waals surface area (Å²) in [5.41, 5.74) is 2.73. The van der Waals surface area contributed by atoms with Crippen molar-refractivity contribution in [2.45, 2.75) is 39.4 Å². The van der Waals surface area contributed by atoms with E-state index in [0.717, 1.165) is 24.6 Å². The summed E-state index contributed by atoms with van der Waals surface area (Å²) in [6, 6.07) is 4.84. The molecule has 1 aliphatic heterocycles. The van der Waals surface area contributed by atoms with Crippen molar-refractivity contribution in [3.63, 3.8) is 0 Å². The van der Waals surface area contributed by atoms with Gasteiger partial charge in [0.05, 0.1) is 14.2 Å². The van der Waals surface area contributed by atoms with Gasteiger partial charge >= 0.3 is 0 Å². The predicted octanol–water partition coefficient (Wildman–Crippen LogP) is 2.82. The Morgan fingerprint density at radius 2 is 1.59 bits per heavy atom. The minimum Gasteiger partial charge on any atom is -0.493 e. The molecule has 0 spiro atoms. The number of nitrogens with zero attached hydrogens (tertiary/aromatic N) is 1. The van der Waals surface area contributed by atoms with Crippen LogP contribution in [0.5, 0.6) is 11.5 Å². The Labute approximate surface area is 103 Å². The zero-order chi connectivity index (χ0) is 12.4. The first-order valence-electron chi connectivity index (χ1n) is 6.17. The van der Waals surface area contributed by atoms with E-state index in [0.29, 0.717) is 6.04 Å². The van der Waals surface area contributed by atoms with E-state index in [4.69, 9.17) is 9.47 Å². The van der Waals surface area contributed by atoms with Crippen LogP contribution in [0.1, 0.15) is 31.4 Å². The van der Waals surface area contributed by atoms with Crippen LogP contribution in [0, 0.1) is 0 Å². The number of methoxy groups -OCH3 is 2. The van der Waals surface area contributed by atoms with Gasteiger partial charge in [-0.3, -0.25) is 4.90 Å². The van der Waals surface area contributed by atoms with Gasteiger partial charge in [-0.2, -0.15) is 0 Å². The molecule has 0 saturated heterocycles. The Hall–Kier alpha value is -1.22. The topological polar surface area (TPSA) is 21.7 Å². The highest BCUT2D eigenvalue weighted by molar-refractivity contribution is 5.48. The monoisotopic (exact) mass is 235 g/mol. The van der Waals surface area contributed by atoms with Crippen LogP contribution in [0.15, 0.2) is 12.1 Å². The lowest BCUT2D eigenvalue weighted by Gasteiger charge is -2.21. The molecule has 0 saturated carbocycles. The fraction of sp³-hybridized carbons (Fsp3) is 0.571. The van der Waals surface area contributed by atoms with E-state index in [1.165, 1.54) is 17.5 Å². The van der Waals surface area contributed by atoms with E-state index in [1.807, 2.05) is 0 Å². The van der Waals surface area contributed by atoms with Crippen molar-refractivity contribution >= 4 is 0 Å². The molecule has 3 heteroatoms. The molecule has 0 fully saturated rings. The first-order chi connectivity index (χ1) is 8.19. The van der Waals surface area contributed by atoms with Crippen molar-refractivity contribution in [1.82, 2.24) is 4.90 Å². The smallest absolute Gasteiger partial charge is 0.161 e. The molecular weight excluding hydrogens is 214 g/mol. The van der Waals surface area contributed by atoms with Gasteiger partial charge in [0.1, 0.15) is 0 Å². The summed E-state index contributed by atoms with van der Waals surface area (Å²) >= 11 is 0. The van der Waals surface area contributed by atoms with Gasteiger partial charge in [0.25, 0.3) is 0 Å². The molecule has 0 bridgehead atoms. The summed E-state index contributed by atoms with van der Waals surface area (Å²) in [5, 5.41) is 0. The Morgan fingerprint density at radius 1 is 1.12 bits per heavy atom. The molecule has 1 atom stereocenters. The fourth-order valence-electron chi connectivity index (χ4n) is 2.32. The Balaban J connectivity index is 2.26. The summed E-state index contributed by atoms with van der Waals surface area (Å²) in [4.78, 5) is 2.49. The maximum Gasteiger partial charge on any atom is 0.161 e. The molecule has 1 unspecified atom stereocenters. The highest BCUT2D eigenvalue weighted by Crippen LogP contribution is 2.35. The molecule has 1 aliphatic rings. The molecule has 0 N–H and O–H groups in total. The van der Waals surface area contributed by atoms with E-state index in [9.17, 15) is 0 Å². The third-order valence-corrected chi connectivity index (χ3v) is 3.67. The zero-order valence-electron chi connectivity index (χ0n) is 11.1. The first-order valence-corrected chi connectivity index (χ1v) is 6.17. The minimum absolute atomic E-state index is 0.624. The van der Waals surface area contributed by atoms with Gasteiger partial charge < -0.3 is 9.47 Å². The van der Waals surface area contributed by atoms with E-state index in [1.54, 1.807) is 14.2 Å². The van der Waals surface area contributed by atoms with Gasteiger partial charge in [0, 0.05) is 19.1 Å². The molecule has 1 heterocycles. The zero-order valence-corrected chi connectivity index (χ0v) is 11.1. The number of hydrogen-bond acceptors (Lipinski definition) is 3. The summed E-state index contributed by atoms with van der Waals surface area (Å²) < 4.78 is 10.7. The van der Waals surface area contributed by atoms with Gasteiger partial charge in [0.2, 0.25) is 0 Å². The molecule has 0 radical (unpaired) electrons. The second-order valence-electron chi connectivity index (χ2n) is 4.64. The average Bonchev–Trinajstić information content (AvgIpc) is 2.78. The quantitative estimate of drug-likeness (QED) is 0.801. The third kappa shape index (κ3) is 2.25. The van der Waals surface area contributed by atoms with Gasteiger partial charge in [0.15, 0.2) is 11.5 Å². The molecule has 17 heavy (non-hydrogen) atoms. The second-order valence-corrected chi connectivity index (χ2v) is 4.64. The van der Waals surface area contributed by atoms with Crippen LogP contribution in [0.3, 0.4) is 0 Å². The number of ether oxygens (including phenoxy) is 2. The normalized spacial score (nSPS) is 16.7. The molecule has 2 rings (SSSR count). The molecule has 1 aromatic rings. The van der Waals surface area contributed by atoms with Crippen molar-refractivity contribution in [1.29, 1.82) is 0 Å². The number of rotatable bonds is 4. The van der Waals surface area contributed by atoms with E-state index >= 15 is 0 Å². The van der Waals surface area contributed by atoms with E-state index < -0.39 is 0 Å². The largest absolute Gasteiger partial charge is 0.493 e. The molecule has 94 valence electrons. The van der Waals surface area contributed by atoms with E-state index in [-0.39, 0.29) is 0 Å². The van der Waals surface area contributed by atoms with Crippen molar-refractivity contribution < 1.29 is 9.47 Å². The van der Waals surface area contributed by atoms with Crippen LogP contribution >= 0.6 is 0 Å². The van der Waals surface area contributed by atoms with Crippen LogP contribution in [-0.2, 0) is 13.1 Å². The van der Waals surface area contributed by atoms with Crippen LogP contribution in [0.2, 0.25) is 0 Å². The number of benzene rings is 1. The standard InChI is InChI=1S/C14H21NO2/c1-5-10(2)15-8-11-6-13(16-3)14(17-4)7-12(11)9-15/h6-7,10H,5,8-9H2,1-4H3. The van der Waals surface area contributed by atoms with Crippen molar-refractivity contribution in [3.05, 3.63) is 23.3 Å². The number of hydrogen-bond donors (Lipinski definition) is 0. The Bertz CT molecular complexity index is 370. The van der Waals surface area contributed by atoms with Crippen LogP contribution in [0.25, 0.3) is 0 Å². The molecule has 0 aliphatic carbocycles. The lowest BCUT2D eigenvalue weighted by atomic mass is 10.1. The van der Waals surface area contributed by atoms with Crippen LogP contribution < -0.4 is 9.47 Å². The molecule has 1 aromatic carbocycles. The van der Waals surface area contributed by atoms with Crippen LogP contribution in [-0.4, -0.2) is 25.2 Å². The van der Waals surface area contributed by atoms with Gasteiger partial charge in [-0.15, -0.1) is 0 Å². The molecule has 0 aromatic heterocycles. The molecule has 0 amide bonds. The van der Waals surface area contributed by atoms with Crippen molar-refractivity contribution in [2.24, 2.45) is 0 Å². The van der Waals surface area contributed by atoms with E-state index in [2.05, 4.69) is 30.9 Å². The fourth-order valence-corrected chi connectivity index (χ4v) is 2.32. The minimum atomic E-state index is 0.624. The van der Waals surface area contributed by atoms with Crippen molar-refractivity contribution in [3.8, 4) is 11.5 Å². The third-order valence-electron chi connectivity index (χ3n) is 3.67. The molecular formula is C14H21NO2. The maximum absolute atomic E-state index is 5.34. The summed E-state index contributed by atoms with van der Waals surface area (Å²) in [6.45, 7) is 6.55. The van der Waals surface area contributed by atoms with Gasteiger partial charge in [-0.1, -0.05) is 6.92 Å². The number of fused-ring (bicyclic) bond motifs is 1. The van der Waals surface area contributed by atoms with Gasteiger partial charge in [-0.05, 0) is 36.6 Å². The lowest BCUT2D eigenvalue weighted by Crippen LogP contribution is -2.26. The average molecular weight is 235 g/mol. The molecule has 3 nitrogen and oxygen atoms in total. The Kier molecular flexibility index (Phi) is 3.57. The second kappa shape index (κ2) is 4.96. The highest BCUT2D eigenvalue weighted by Gasteiger charge is 2.24. The summed E-state index contributed by atoms with van der Waals surface area (Å²) in [5.74, 6) is 1.66.